The van der Waals surface area contributed by atoms with E-state index in [0.717, 1.165) is 0 Å². The summed E-state index contributed by atoms with van der Waals surface area (Å²) < 4.78 is 0. The van der Waals surface area contributed by atoms with Gasteiger partial charge in [0, 0.05) is 12.0 Å². The summed E-state index contributed by atoms with van der Waals surface area (Å²) in [7, 11) is 0. The molecule has 1 aliphatic rings. The maximum absolute atomic E-state index is 11.4. The minimum atomic E-state index is 0.120. The van der Waals surface area contributed by atoms with Crippen LogP contribution >= 0.6 is 0 Å². The molecule has 2 heteroatoms. The topological polar surface area (TPSA) is 29.1 Å². The van der Waals surface area contributed by atoms with Crippen LogP contribution in [0.1, 0.15) is 46.5 Å². The summed E-state index contributed by atoms with van der Waals surface area (Å²) in [5.41, 5.74) is 0. The van der Waals surface area contributed by atoms with Crippen molar-refractivity contribution in [2.45, 2.75) is 52.5 Å². The van der Waals surface area contributed by atoms with E-state index in [1.165, 1.54) is 25.7 Å². The molecule has 0 aromatic carbocycles. The van der Waals surface area contributed by atoms with Gasteiger partial charge in [-0.25, -0.2) is 0 Å². The molecule has 1 rings (SSSR count). The summed E-state index contributed by atoms with van der Waals surface area (Å²) in [6, 6.07) is 0.434. The second-order valence-electron chi connectivity index (χ2n) is 4.53. The van der Waals surface area contributed by atoms with E-state index < -0.39 is 0 Å². The monoisotopic (exact) mass is 183 g/mol. The second kappa shape index (κ2) is 4.64. The van der Waals surface area contributed by atoms with E-state index >= 15 is 0 Å². The summed E-state index contributed by atoms with van der Waals surface area (Å²) in [5, 5.41) is 3.13. The Morgan fingerprint density at radius 2 is 1.92 bits per heavy atom. The Morgan fingerprint density at radius 3 is 2.46 bits per heavy atom. The zero-order valence-electron chi connectivity index (χ0n) is 8.97. The molecule has 13 heavy (non-hydrogen) atoms. The van der Waals surface area contributed by atoms with Crippen molar-refractivity contribution >= 4 is 5.91 Å². The Kier molecular flexibility index (Phi) is 3.76. The van der Waals surface area contributed by atoms with Crippen LogP contribution in [0.3, 0.4) is 0 Å². The Bertz CT molecular complexity index is 177. The molecule has 1 saturated carbocycles. The summed E-state index contributed by atoms with van der Waals surface area (Å²) in [6.07, 6.45) is 5.03. The van der Waals surface area contributed by atoms with Crippen molar-refractivity contribution in [2.24, 2.45) is 11.8 Å². The quantitative estimate of drug-likeness (QED) is 0.699. The van der Waals surface area contributed by atoms with Crippen molar-refractivity contribution in [2.75, 3.05) is 0 Å². The molecule has 2 unspecified atom stereocenters. The van der Waals surface area contributed by atoms with Crippen LogP contribution in [0, 0.1) is 11.8 Å². The Labute approximate surface area is 81.1 Å². The molecule has 0 spiro atoms. The minimum absolute atomic E-state index is 0.120. The van der Waals surface area contributed by atoms with Gasteiger partial charge in [0.2, 0.25) is 5.91 Å². The van der Waals surface area contributed by atoms with Gasteiger partial charge in [-0.2, -0.15) is 0 Å². The molecule has 2 atom stereocenters. The molecule has 1 N–H and O–H groups in total. The molecule has 1 amide bonds. The smallest absolute Gasteiger partial charge is 0.222 e. The highest BCUT2D eigenvalue weighted by Gasteiger charge is 2.23. The van der Waals surface area contributed by atoms with Crippen molar-refractivity contribution in [3.05, 3.63) is 0 Å². The normalized spacial score (nSPS) is 28.9. The maximum Gasteiger partial charge on any atom is 0.222 e. The molecule has 1 fully saturated rings. The predicted molar refractivity (Wildman–Crippen MR) is 54.4 cm³/mol. The lowest BCUT2D eigenvalue weighted by atomic mass is 9.86. The third kappa shape index (κ3) is 3.02. The molecule has 76 valence electrons. The highest BCUT2D eigenvalue weighted by Crippen LogP contribution is 2.23. The highest BCUT2D eigenvalue weighted by atomic mass is 16.1. The number of amides is 1. The van der Waals surface area contributed by atoms with E-state index in [4.69, 9.17) is 0 Å². The molecule has 0 radical (unpaired) electrons. The van der Waals surface area contributed by atoms with Crippen molar-refractivity contribution in [3.63, 3.8) is 0 Å². The van der Waals surface area contributed by atoms with Crippen LogP contribution in [0.15, 0.2) is 0 Å². The third-order valence-corrected chi connectivity index (χ3v) is 2.96. The molecule has 2 nitrogen and oxygen atoms in total. The Hall–Kier alpha value is -0.530. The number of carbonyl (C=O) groups is 1. The number of carbonyl (C=O) groups excluding carboxylic acids is 1. The first kappa shape index (κ1) is 10.6. The van der Waals surface area contributed by atoms with E-state index in [2.05, 4.69) is 12.2 Å². The number of nitrogens with one attached hydrogen (secondary N) is 1. The second-order valence-corrected chi connectivity index (χ2v) is 4.53. The van der Waals surface area contributed by atoms with Gasteiger partial charge in [-0.1, -0.05) is 33.6 Å². The van der Waals surface area contributed by atoms with E-state index in [0.29, 0.717) is 12.0 Å². The van der Waals surface area contributed by atoms with Crippen LogP contribution in [0.4, 0.5) is 0 Å². The van der Waals surface area contributed by atoms with Crippen LogP contribution in [-0.2, 0) is 4.79 Å². The fourth-order valence-corrected chi connectivity index (χ4v) is 1.88. The zero-order chi connectivity index (χ0) is 9.84. The van der Waals surface area contributed by atoms with Gasteiger partial charge in [0.05, 0.1) is 0 Å². The van der Waals surface area contributed by atoms with Crippen molar-refractivity contribution in [1.82, 2.24) is 5.32 Å². The summed E-state index contributed by atoms with van der Waals surface area (Å²) >= 11 is 0. The van der Waals surface area contributed by atoms with Gasteiger partial charge in [-0.3, -0.25) is 4.79 Å². The van der Waals surface area contributed by atoms with Crippen LogP contribution in [0.5, 0.6) is 0 Å². The van der Waals surface area contributed by atoms with E-state index in [-0.39, 0.29) is 11.8 Å². The lowest BCUT2D eigenvalue weighted by Gasteiger charge is -2.30. The van der Waals surface area contributed by atoms with Gasteiger partial charge in [-0.05, 0) is 18.8 Å². The molecule has 0 heterocycles. The van der Waals surface area contributed by atoms with Crippen LogP contribution < -0.4 is 5.32 Å². The van der Waals surface area contributed by atoms with Gasteiger partial charge in [0.1, 0.15) is 0 Å². The molecule has 0 aliphatic heterocycles. The van der Waals surface area contributed by atoms with Gasteiger partial charge in [0.15, 0.2) is 0 Å². The van der Waals surface area contributed by atoms with Crippen LogP contribution in [-0.4, -0.2) is 11.9 Å². The molecular weight excluding hydrogens is 162 g/mol. The first-order valence-corrected chi connectivity index (χ1v) is 5.41. The Morgan fingerprint density at radius 1 is 1.31 bits per heavy atom. The molecule has 1 aliphatic carbocycles. The van der Waals surface area contributed by atoms with Gasteiger partial charge >= 0.3 is 0 Å². The van der Waals surface area contributed by atoms with Gasteiger partial charge in [0.25, 0.3) is 0 Å². The third-order valence-electron chi connectivity index (χ3n) is 2.96. The minimum Gasteiger partial charge on any atom is -0.353 e. The summed E-state index contributed by atoms with van der Waals surface area (Å²) in [4.78, 5) is 11.4. The lowest BCUT2D eigenvalue weighted by Crippen LogP contribution is -2.42. The molecule has 0 aromatic rings. The van der Waals surface area contributed by atoms with Gasteiger partial charge < -0.3 is 5.32 Å². The largest absolute Gasteiger partial charge is 0.353 e. The van der Waals surface area contributed by atoms with Crippen molar-refractivity contribution in [1.29, 1.82) is 0 Å². The molecule has 0 aromatic heterocycles. The fourth-order valence-electron chi connectivity index (χ4n) is 1.88. The molecule has 0 bridgehead atoms. The van der Waals surface area contributed by atoms with E-state index in [9.17, 15) is 4.79 Å². The SMILES string of the molecule is CC(C)C(=O)NC1CCCCC1C. The average molecular weight is 183 g/mol. The summed E-state index contributed by atoms with van der Waals surface area (Å²) in [6.45, 7) is 6.14. The van der Waals surface area contributed by atoms with E-state index in [1.807, 2.05) is 13.8 Å². The average Bonchev–Trinajstić information content (AvgIpc) is 2.08. The number of hydrogen-bond acceptors (Lipinski definition) is 1. The Balaban J connectivity index is 2.38. The summed E-state index contributed by atoms with van der Waals surface area (Å²) in [5.74, 6) is 0.990. The number of hydrogen-bond donors (Lipinski definition) is 1. The van der Waals surface area contributed by atoms with Gasteiger partial charge in [-0.15, -0.1) is 0 Å². The standard InChI is InChI=1S/C11H21NO/c1-8(2)11(13)12-10-7-5-4-6-9(10)3/h8-10H,4-7H2,1-3H3,(H,12,13). The zero-order valence-corrected chi connectivity index (χ0v) is 8.97. The number of rotatable bonds is 2. The lowest BCUT2D eigenvalue weighted by molar-refractivity contribution is -0.125. The molecular formula is C11H21NO. The van der Waals surface area contributed by atoms with Crippen molar-refractivity contribution < 1.29 is 4.79 Å². The van der Waals surface area contributed by atoms with Crippen LogP contribution in [0.25, 0.3) is 0 Å². The van der Waals surface area contributed by atoms with E-state index in [1.54, 1.807) is 0 Å². The predicted octanol–water partition coefficient (Wildman–Crippen LogP) is 2.34. The maximum atomic E-state index is 11.4. The fraction of sp³-hybridized carbons (Fsp3) is 0.909. The first-order chi connectivity index (χ1) is 6.11. The molecule has 0 saturated heterocycles. The van der Waals surface area contributed by atoms with Crippen molar-refractivity contribution in [3.8, 4) is 0 Å². The first-order valence-electron chi connectivity index (χ1n) is 5.41. The highest BCUT2D eigenvalue weighted by molar-refractivity contribution is 5.78. The van der Waals surface area contributed by atoms with Crippen LogP contribution in [0.2, 0.25) is 0 Å².